The topological polar surface area (TPSA) is 88.4 Å². The average Bonchev–Trinajstić information content (AvgIpc) is 3.40. The maximum absolute atomic E-state index is 13.4. The fourth-order valence-electron chi connectivity index (χ4n) is 2.36. The third-order valence-corrected chi connectivity index (χ3v) is 3.74. The number of anilines is 1. The lowest BCUT2D eigenvalue weighted by atomic mass is 10.2. The van der Waals surface area contributed by atoms with Crippen molar-refractivity contribution in [3.05, 3.63) is 64.2 Å². The summed E-state index contributed by atoms with van der Waals surface area (Å²) in [5, 5.41) is 13.4. The van der Waals surface area contributed by atoms with Gasteiger partial charge in [0.2, 0.25) is 5.82 Å². The number of hydrogen-bond donors (Lipinski definition) is 1. The number of carbonyl (C=O) groups excluding carboxylic acids is 1. The lowest BCUT2D eigenvalue weighted by Crippen LogP contribution is -2.36. The molecule has 1 aromatic carbocycles. The van der Waals surface area contributed by atoms with Crippen molar-refractivity contribution in [2.24, 2.45) is 0 Å². The first-order chi connectivity index (χ1) is 11.5. The highest BCUT2D eigenvalue weighted by atomic mass is 19.1. The van der Waals surface area contributed by atoms with Crippen LogP contribution in [0.1, 0.15) is 18.4 Å². The van der Waals surface area contributed by atoms with Crippen LogP contribution in [-0.4, -0.2) is 26.9 Å². The lowest BCUT2D eigenvalue weighted by Gasteiger charge is -2.23. The van der Waals surface area contributed by atoms with E-state index in [0.717, 1.165) is 30.5 Å². The molecule has 1 aromatic heterocycles. The monoisotopic (exact) mass is 330 g/mol. The summed E-state index contributed by atoms with van der Waals surface area (Å²) in [4.78, 5) is 28.1. The number of rotatable bonds is 5. The van der Waals surface area contributed by atoms with Gasteiger partial charge in [0.1, 0.15) is 0 Å². The first kappa shape index (κ1) is 15.9. The second kappa shape index (κ2) is 6.61. The number of aromatic nitrogens is 1. The van der Waals surface area contributed by atoms with E-state index >= 15 is 0 Å². The summed E-state index contributed by atoms with van der Waals surface area (Å²) in [6.45, 7) is 0.419. The summed E-state index contributed by atoms with van der Waals surface area (Å²) in [6.07, 6.45) is 5.15. The largest absolute Gasteiger partial charge is 0.322 e. The van der Waals surface area contributed by atoms with Crippen molar-refractivity contribution in [2.45, 2.75) is 25.4 Å². The zero-order valence-corrected chi connectivity index (χ0v) is 12.7. The number of nitrogens with one attached hydrogen (secondary N) is 1. The molecule has 124 valence electrons. The maximum Gasteiger partial charge on any atom is 0.322 e. The highest BCUT2D eigenvalue weighted by Crippen LogP contribution is 2.29. The predicted molar refractivity (Wildman–Crippen MR) is 84.9 cm³/mol. The summed E-state index contributed by atoms with van der Waals surface area (Å²) in [7, 11) is 0. The Balaban J connectivity index is 1.74. The number of halogens is 1. The van der Waals surface area contributed by atoms with E-state index in [1.165, 1.54) is 6.07 Å². The van der Waals surface area contributed by atoms with Gasteiger partial charge >= 0.3 is 11.7 Å². The first-order valence-electron chi connectivity index (χ1n) is 7.45. The van der Waals surface area contributed by atoms with E-state index in [9.17, 15) is 19.3 Å². The molecule has 2 amide bonds. The van der Waals surface area contributed by atoms with Crippen molar-refractivity contribution in [1.29, 1.82) is 0 Å². The molecule has 1 N–H and O–H groups in total. The van der Waals surface area contributed by atoms with Gasteiger partial charge in [-0.05, 0) is 42.7 Å². The Bertz CT molecular complexity index is 765. The van der Waals surface area contributed by atoms with Gasteiger partial charge < -0.3 is 10.2 Å². The van der Waals surface area contributed by atoms with Gasteiger partial charge in [-0.15, -0.1) is 0 Å². The molecule has 0 aliphatic heterocycles. The molecule has 0 atom stereocenters. The van der Waals surface area contributed by atoms with Crippen LogP contribution in [0.25, 0.3) is 0 Å². The molecular weight excluding hydrogens is 315 g/mol. The molecule has 0 unspecified atom stereocenters. The highest BCUT2D eigenvalue weighted by Gasteiger charge is 2.32. The summed E-state index contributed by atoms with van der Waals surface area (Å²) >= 11 is 0. The molecule has 0 bridgehead atoms. The molecule has 0 spiro atoms. The van der Waals surface area contributed by atoms with Crippen molar-refractivity contribution < 1.29 is 14.1 Å². The molecular formula is C16H15FN4O3. The molecule has 0 saturated heterocycles. The fraction of sp³-hybridized carbons (Fsp3) is 0.250. The number of benzene rings is 1. The van der Waals surface area contributed by atoms with Crippen LogP contribution in [0.2, 0.25) is 0 Å². The molecule has 24 heavy (non-hydrogen) atoms. The lowest BCUT2D eigenvalue weighted by molar-refractivity contribution is -0.387. The van der Waals surface area contributed by atoms with Crippen LogP contribution in [0.5, 0.6) is 0 Å². The van der Waals surface area contributed by atoms with Crippen LogP contribution in [0, 0.1) is 15.9 Å². The number of nitrogens with zero attached hydrogens (tertiary/aromatic N) is 3. The molecule has 1 aliphatic carbocycles. The number of nitro groups is 1. The molecule has 1 heterocycles. The van der Waals surface area contributed by atoms with E-state index in [0.29, 0.717) is 6.54 Å². The van der Waals surface area contributed by atoms with Gasteiger partial charge in [0.15, 0.2) is 0 Å². The molecule has 1 saturated carbocycles. The summed E-state index contributed by atoms with van der Waals surface area (Å²) in [5.41, 5.74) is 0.463. The number of amides is 2. The number of hydrogen-bond acceptors (Lipinski definition) is 4. The minimum atomic E-state index is -0.936. The van der Waals surface area contributed by atoms with E-state index in [1.54, 1.807) is 17.3 Å². The van der Waals surface area contributed by atoms with Gasteiger partial charge in [0, 0.05) is 36.7 Å². The summed E-state index contributed by atoms with van der Waals surface area (Å²) < 4.78 is 13.4. The van der Waals surface area contributed by atoms with Crippen molar-refractivity contribution in [2.75, 3.05) is 5.32 Å². The van der Waals surface area contributed by atoms with Gasteiger partial charge in [-0.2, -0.15) is 4.39 Å². The smallest absolute Gasteiger partial charge is 0.317 e. The molecule has 1 fully saturated rings. The quantitative estimate of drug-likeness (QED) is 0.673. The first-order valence-corrected chi connectivity index (χ1v) is 7.45. The normalized spacial score (nSPS) is 13.4. The number of carbonyl (C=O) groups is 1. The van der Waals surface area contributed by atoms with Gasteiger partial charge in [0.05, 0.1) is 4.92 Å². The summed E-state index contributed by atoms with van der Waals surface area (Å²) in [5.74, 6) is -0.936. The molecule has 1 aliphatic rings. The van der Waals surface area contributed by atoms with Gasteiger partial charge in [-0.25, -0.2) is 4.79 Å². The highest BCUT2D eigenvalue weighted by molar-refractivity contribution is 5.90. The Labute approximate surface area is 137 Å². The van der Waals surface area contributed by atoms with Crippen LogP contribution in [0.15, 0.2) is 42.7 Å². The predicted octanol–water partition coefficient (Wildman–Crippen LogP) is 3.33. The van der Waals surface area contributed by atoms with Crippen molar-refractivity contribution >= 4 is 17.4 Å². The second-order valence-corrected chi connectivity index (χ2v) is 5.57. The van der Waals surface area contributed by atoms with Gasteiger partial charge in [0.25, 0.3) is 0 Å². The maximum atomic E-state index is 13.4. The second-order valence-electron chi connectivity index (χ2n) is 5.57. The van der Waals surface area contributed by atoms with Crippen LogP contribution in [0.4, 0.5) is 20.6 Å². The van der Waals surface area contributed by atoms with Crippen LogP contribution in [-0.2, 0) is 6.54 Å². The minimum Gasteiger partial charge on any atom is -0.317 e. The van der Waals surface area contributed by atoms with Crippen molar-refractivity contribution in [1.82, 2.24) is 9.88 Å². The number of pyridine rings is 1. The zero-order valence-electron chi connectivity index (χ0n) is 12.7. The Kier molecular flexibility index (Phi) is 4.37. The fourth-order valence-corrected chi connectivity index (χ4v) is 2.36. The Hall–Kier alpha value is -3.03. The van der Waals surface area contributed by atoms with E-state index < -0.39 is 16.4 Å². The van der Waals surface area contributed by atoms with Crippen LogP contribution < -0.4 is 5.32 Å². The molecule has 8 heteroatoms. The van der Waals surface area contributed by atoms with Gasteiger partial charge in [-0.1, -0.05) is 0 Å². The third kappa shape index (κ3) is 3.65. The van der Waals surface area contributed by atoms with E-state index in [-0.39, 0.29) is 17.8 Å². The van der Waals surface area contributed by atoms with E-state index in [2.05, 4.69) is 10.3 Å². The Morgan fingerprint density at radius 1 is 1.33 bits per heavy atom. The van der Waals surface area contributed by atoms with Gasteiger partial charge in [-0.3, -0.25) is 15.1 Å². The zero-order chi connectivity index (χ0) is 17.1. The standard InChI is InChI=1S/C16H15FN4O3/c17-14-4-1-12(9-15(14)21(23)24)19-16(22)20(13-2-3-13)10-11-5-7-18-8-6-11/h1,4-9,13H,2-3,10H2,(H,19,22). The molecule has 3 rings (SSSR count). The average molecular weight is 330 g/mol. The van der Waals surface area contributed by atoms with Crippen molar-refractivity contribution in [3.63, 3.8) is 0 Å². The Morgan fingerprint density at radius 2 is 2.04 bits per heavy atom. The van der Waals surface area contributed by atoms with E-state index in [4.69, 9.17) is 0 Å². The molecule has 7 nitrogen and oxygen atoms in total. The number of nitro benzene ring substituents is 1. The third-order valence-electron chi connectivity index (χ3n) is 3.74. The molecule has 0 radical (unpaired) electrons. The SMILES string of the molecule is O=C(Nc1ccc(F)c([N+](=O)[O-])c1)N(Cc1ccncc1)C1CC1. The van der Waals surface area contributed by atoms with Crippen molar-refractivity contribution in [3.8, 4) is 0 Å². The van der Waals surface area contributed by atoms with Crippen LogP contribution >= 0.6 is 0 Å². The van der Waals surface area contributed by atoms with Crippen LogP contribution in [0.3, 0.4) is 0 Å². The Morgan fingerprint density at radius 3 is 2.67 bits per heavy atom. The molecule has 2 aromatic rings. The van der Waals surface area contributed by atoms with E-state index in [1.807, 2.05) is 12.1 Å². The minimum absolute atomic E-state index is 0.147. The number of urea groups is 1. The summed E-state index contributed by atoms with van der Waals surface area (Å²) in [6, 6.07) is 6.72.